The van der Waals surface area contributed by atoms with E-state index in [-0.39, 0.29) is 24.4 Å². The summed E-state index contributed by atoms with van der Waals surface area (Å²) in [6, 6.07) is 0.475. The van der Waals surface area contributed by atoms with Crippen molar-refractivity contribution in [3.05, 3.63) is 35.1 Å². The van der Waals surface area contributed by atoms with Crippen molar-refractivity contribution in [1.82, 2.24) is 4.90 Å². The van der Waals surface area contributed by atoms with Gasteiger partial charge in [-0.2, -0.15) is 0 Å². The van der Waals surface area contributed by atoms with Crippen LogP contribution in [0.4, 0.5) is 13.2 Å². The Morgan fingerprint density at radius 1 is 1.20 bits per heavy atom. The molecule has 0 aromatic heterocycles. The van der Waals surface area contributed by atoms with Crippen LogP contribution in [-0.2, 0) is 9.84 Å². The predicted octanol–water partition coefficient (Wildman–Crippen LogP) is 1.08. The van der Waals surface area contributed by atoms with Crippen LogP contribution in [0.25, 0.3) is 0 Å². The van der Waals surface area contributed by atoms with Crippen molar-refractivity contribution in [3.8, 4) is 0 Å². The molecular weight excluding hydrogens is 293 g/mol. The number of benzene rings is 1. The zero-order valence-corrected chi connectivity index (χ0v) is 12.1. The molecule has 20 heavy (non-hydrogen) atoms. The van der Waals surface area contributed by atoms with Crippen molar-refractivity contribution in [1.29, 1.82) is 0 Å². The zero-order chi connectivity index (χ0) is 15.5. The van der Waals surface area contributed by atoms with Gasteiger partial charge in [0, 0.05) is 37.0 Å². The molecule has 2 N–H and O–H groups in total. The van der Waals surface area contributed by atoms with Crippen molar-refractivity contribution < 1.29 is 21.6 Å². The molecule has 114 valence electrons. The van der Waals surface area contributed by atoms with Gasteiger partial charge < -0.3 is 5.73 Å². The van der Waals surface area contributed by atoms with Crippen LogP contribution in [0.15, 0.2) is 12.1 Å². The van der Waals surface area contributed by atoms with Crippen LogP contribution in [0.2, 0.25) is 0 Å². The highest BCUT2D eigenvalue weighted by atomic mass is 32.2. The molecule has 0 fully saturated rings. The normalized spacial score (nSPS) is 13.8. The number of nitrogens with two attached hydrogens (primary N) is 1. The van der Waals surface area contributed by atoms with Gasteiger partial charge in [-0.15, -0.1) is 0 Å². The molecule has 0 radical (unpaired) electrons. The average Bonchev–Trinajstić information content (AvgIpc) is 2.33. The highest BCUT2D eigenvalue weighted by molar-refractivity contribution is 7.90. The lowest BCUT2D eigenvalue weighted by Crippen LogP contribution is -2.34. The second-order valence-electron chi connectivity index (χ2n) is 4.65. The standard InChI is InChI=1S/C12H17F3N2O2S/c1-17(3-4-20(2,18)19)12(7-16)8-5-10(14)11(15)6-9(8)13/h5-6,12H,3-4,7,16H2,1-2H3. The summed E-state index contributed by atoms with van der Waals surface area (Å²) in [7, 11) is -1.63. The molecule has 1 unspecified atom stereocenters. The van der Waals surface area contributed by atoms with Gasteiger partial charge in [-0.25, -0.2) is 21.6 Å². The topological polar surface area (TPSA) is 63.4 Å². The van der Waals surface area contributed by atoms with Gasteiger partial charge in [0.15, 0.2) is 11.6 Å². The Bertz CT molecular complexity index is 578. The quantitative estimate of drug-likeness (QED) is 0.799. The highest BCUT2D eigenvalue weighted by Crippen LogP contribution is 2.23. The lowest BCUT2D eigenvalue weighted by atomic mass is 10.0. The number of halogens is 3. The molecule has 0 amide bonds. The van der Waals surface area contributed by atoms with Crippen LogP contribution in [0.5, 0.6) is 0 Å². The Hall–Kier alpha value is -1.12. The molecule has 1 atom stereocenters. The van der Waals surface area contributed by atoms with Crippen LogP contribution in [-0.4, -0.2) is 45.5 Å². The molecular formula is C12H17F3N2O2S. The van der Waals surface area contributed by atoms with Gasteiger partial charge >= 0.3 is 0 Å². The minimum Gasteiger partial charge on any atom is -0.329 e. The van der Waals surface area contributed by atoms with E-state index in [4.69, 9.17) is 5.73 Å². The smallest absolute Gasteiger partial charge is 0.161 e. The Kier molecular flexibility index (Phi) is 5.55. The number of likely N-dealkylation sites (N-methyl/N-ethyl adjacent to an activating group) is 1. The Morgan fingerprint density at radius 2 is 1.75 bits per heavy atom. The largest absolute Gasteiger partial charge is 0.329 e. The molecule has 1 rings (SSSR count). The van der Waals surface area contributed by atoms with E-state index in [1.807, 2.05) is 0 Å². The monoisotopic (exact) mass is 310 g/mol. The maximum absolute atomic E-state index is 13.7. The Morgan fingerprint density at radius 3 is 2.25 bits per heavy atom. The second kappa shape index (κ2) is 6.55. The predicted molar refractivity (Wildman–Crippen MR) is 70.5 cm³/mol. The van der Waals surface area contributed by atoms with Gasteiger partial charge in [-0.05, 0) is 13.1 Å². The molecule has 8 heteroatoms. The maximum atomic E-state index is 13.7. The van der Waals surface area contributed by atoms with E-state index in [2.05, 4.69) is 0 Å². The van der Waals surface area contributed by atoms with Gasteiger partial charge in [0.25, 0.3) is 0 Å². The van der Waals surface area contributed by atoms with Crippen LogP contribution in [0.3, 0.4) is 0 Å². The summed E-state index contributed by atoms with van der Waals surface area (Å²) in [6.45, 7) is 0.0569. The lowest BCUT2D eigenvalue weighted by Gasteiger charge is -2.27. The van der Waals surface area contributed by atoms with Crippen molar-refractivity contribution in [2.45, 2.75) is 6.04 Å². The minimum atomic E-state index is -3.18. The molecule has 0 aliphatic rings. The zero-order valence-electron chi connectivity index (χ0n) is 11.2. The summed E-state index contributed by atoms with van der Waals surface area (Å²) < 4.78 is 62.0. The molecule has 0 saturated carbocycles. The molecule has 0 aliphatic carbocycles. The molecule has 0 heterocycles. The van der Waals surface area contributed by atoms with Crippen molar-refractivity contribution in [2.75, 3.05) is 32.1 Å². The third-order valence-corrected chi connectivity index (χ3v) is 3.89. The van der Waals surface area contributed by atoms with E-state index in [9.17, 15) is 21.6 Å². The van der Waals surface area contributed by atoms with E-state index in [1.54, 1.807) is 7.05 Å². The summed E-state index contributed by atoms with van der Waals surface area (Å²) in [6.07, 6.45) is 1.08. The fourth-order valence-corrected chi connectivity index (χ4v) is 2.42. The molecule has 0 bridgehead atoms. The van der Waals surface area contributed by atoms with Crippen LogP contribution >= 0.6 is 0 Å². The molecule has 4 nitrogen and oxygen atoms in total. The van der Waals surface area contributed by atoms with Crippen LogP contribution in [0.1, 0.15) is 11.6 Å². The first kappa shape index (κ1) is 16.9. The molecule has 0 spiro atoms. The Balaban J connectivity index is 2.98. The van der Waals surface area contributed by atoms with Gasteiger partial charge in [0.1, 0.15) is 15.7 Å². The minimum absolute atomic E-state index is 0.0533. The van der Waals surface area contributed by atoms with E-state index >= 15 is 0 Å². The third-order valence-electron chi connectivity index (χ3n) is 2.97. The SMILES string of the molecule is CN(CCS(C)(=O)=O)C(CN)c1cc(F)c(F)cc1F. The summed E-state index contributed by atoms with van der Waals surface area (Å²) in [4.78, 5) is 1.50. The highest BCUT2D eigenvalue weighted by Gasteiger charge is 2.22. The van der Waals surface area contributed by atoms with Gasteiger partial charge in [-0.1, -0.05) is 0 Å². The maximum Gasteiger partial charge on any atom is 0.161 e. The van der Waals surface area contributed by atoms with Crippen molar-refractivity contribution in [2.24, 2.45) is 5.73 Å². The average molecular weight is 310 g/mol. The summed E-state index contributed by atoms with van der Waals surface area (Å²) in [5.74, 6) is -3.49. The molecule has 0 aliphatic heterocycles. The van der Waals surface area contributed by atoms with Gasteiger partial charge in [-0.3, -0.25) is 4.90 Å². The third kappa shape index (κ3) is 4.46. The first-order valence-electron chi connectivity index (χ1n) is 5.88. The molecule has 0 saturated heterocycles. The summed E-state index contributed by atoms with van der Waals surface area (Å²) in [5, 5.41) is 0. The van der Waals surface area contributed by atoms with Crippen molar-refractivity contribution in [3.63, 3.8) is 0 Å². The van der Waals surface area contributed by atoms with E-state index in [0.717, 1.165) is 12.3 Å². The molecule has 1 aromatic rings. The van der Waals surface area contributed by atoms with E-state index < -0.39 is 33.3 Å². The number of rotatable bonds is 6. The fraction of sp³-hybridized carbons (Fsp3) is 0.500. The lowest BCUT2D eigenvalue weighted by molar-refractivity contribution is 0.257. The van der Waals surface area contributed by atoms with E-state index in [0.29, 0.717) is 6.07 Å². The van der Waals surface area contributed by atoms with Gasteiger partial charge in [0.2, 0.25) is 0 Å². The second-order valence-corrected chi connectivity index (χ2v) is 6.91. The molecule has 1 aromatic carbocycles. The number of nitrogens with zero attached hydrogens (tertiary/aromatic N) is 1. The van der Waals surface area contributed by atoms with Crippen molar-refractivity contribution >= 4 is 9.84 Å². The number of hydrogen-bond donors (Lipinski definition) is 1. The number of sulfone groups is 1. The number of hydrogen-bond acceptors (Lipinski definition) is 4. The fourth-order valence-electron chi connectivity index (χ4n) is 1.80. The van der Waals surface area contributed by atoms with Crippen LogP contribution < -0.4 is 5.73 Å². The first-order valence-corrected chi connectivity index (χ1v) is 7.94. The van der Waals surface area contributed by atoms with Gasteiger partial charge in [0.05, 0.1) is 5.75 Å². The Labute approximate surface area is 116 Å². The van der Waals surface area contributed by atoms with E-state index in [1.165, 1.54) is 4.90 Å². The summed E-state index contributed by atoms with van der Waals surface area (Å²) in [5.41, 5.74) is 5.43. The van der Waals surface area contributed by atoms with Crippen LogP contribution in [0, 0.1) is 17.5 Å². The first-order chi connectivity index (χ1) is 9.15. The summed E-state index contributed by atoms with van der Waals surface area (Å²) >= 11 is 0.